The number of benzene rings is 1. The van der Waals surface area contributed by atoms with Crippen molar-refractivity contribution < 1.29 is 13.2 Å². The third-order valence-corrected chi connectivity index (χ3v) is 7.70. The van der Waals surface area contributed by atoms with Crippen molar-refractivity contribution in [2.45, 2.75) is 43.4 Å². The Morgan fingerprint density at radius 3 is 2.30 bits per heavy atom. The highest BCUT2D eigenvalue weighted by atomic mass is 32.2. The summed E-state index contributed by atoms with van der Waals surface area (Å²) >= 11 is 0. The van der Waals surface area contributed by atoms with Crippen molar-refractivity contribution in [3.8, 4) is 0 Å². The van der Waals surface area contributed by atoms with Gasteiger partial charge in [0.25, 0.3) is 5.91 Å². The van der Waals surface area contributed by atoms with E-state index >= 15 is 0 Å². The lowest BCUT2D eigenvalue weighted by Gasteiger charge is -2.33. The first-order chi connectivity index (χ1) is 14.6. The molecule has 1 amide bonds. The number of pyridine rings is 1. The first-order valence-electron chi connectivity index (χ1n) is 10.7. The van der Waals surface area contributed by atoms with Crippen LogP contribution >= 0.6 is 0 Å². The third-order valence-electron chi connectivity index (χ3n) is 5.77. The van der Waals surface area contributed by atoms with Crippen LogP contribution in [0.2, 0.25) is 0 Å². The number of rotatable bonds is 5. The van der Waals surface area contributed by atoms with Crippen molar-refractivity contribution >= 4 is 27.3 Å². The number of aromatic nitrogens is 1. The molecule has 2 aliphatic heterocycles. The van der Waals surface area contributed by atoms with Gasteiger partial charge in [-0.05, 0) is 62.4 Å². The Balaban J connectivity index is 1.70. The van der Waals surface area contributed by atoms with Crippen LogP contribution in [0.5, 0.6) is 0 Å². The molecule has 30 heavy (non-hydrogen) atoms. The molecule has 7 nitrogen and oxygen atoms in total. The lowest BCUT2D eigenvalue weighted by molar-refractivity contribution is 0.102. The number of carbonyl (C=O) groups excluding carboxylic acids is 1. The van der Waals surface area contributed by atoms with E-state index in [1.807, 2.05) is 0 Å². The number of nitrogens with zero attached hydrogens (tertiary/aromatic N) is 3. The van der Waals surface area contributed by atoms with Gasteiger partial charge in [-0.3, -0.25) is 9.78 Å². The second-order valence-electron chi connectivity index (χ2n) is 7.89. The Bertz CT molecular complexity index is 983. The summed E-state index contributed by atoms with van der Waals surface area (Å²) in [5.74, 6) is -0.344. The maximum Gasteiger partial charge on any atom is 0.255 e. The molecular weight excluding hydrogens is 400 g/mol. The number of amides is 1. The maximum atomic E-state index is 13.5. The number of nitrogens with one attached hydrogen (secondary N) is 1. The van der Waals surface area contributed by atoms with E-state index in [-0.39, 0.29) is 10.8 Å². The molecule has 0 unspecified atom stereocenters. The topological polar surface area (TPSA) is 82.6 Å². The Morgan fingerprint density at radius 2 is 1.63 bits per heavy atom. The average Bonchev–Trinajstić information content (AvgIpc) is 2.80. The van der Waals surface area contributed by atoms with Gasteiger partial charge < -0.3 is 10.2 Å². The number of carbonyl (C=O) groups is 1. The highest BCUT2D eigenvalue weighted by Crippen LogP contribution is 2.32. The van der Waals surface area contributed by atoms with E-state index in [4.69, 9.17) is 0 Å². The zero-order chi connectivity index (χ0) is 21.0. The molecule has 0 bridgehead atoms. The molecule has 2 aliphatic rings. The molecule has 2 saturated heterocycles. The fourth-order valence-corrected chi connectivity index (χ4v) is 5.90. The summed E-state index contributed by atoms with van der Waals surface area (Å²) in [7, 11) is -3.67. The number of hydrogen-bond acceptors (Lipinski definition) is 5. The first-order valence-corrected chi connectivity index (χ1v) is 12.1. The van der Waals surface area contributed by atoms with E-state index < -0.39 is 10.0 Å². The summed E-state index contributed by atoms with van der Waals surface area (Å²) in [5, 5.41) is 2.79. The van der Waals surface area contributed by atoms with Crippen LogP contribution in [0.1, 0.15) is 48.9 Å². The zero-order valence-electron chi connectivity index (χ0n) is 17.1. The maximum absolute atomic E-state index is 13.5. The minimum absolute atomic E-state index is 0.241. The van der Waals surface area contributed by atoms with Gasteiger partial charge in [-0.15, -0.1) is 0 Å². The highest BCUT2D eigenvalue weighted by molar-refractivity contribution is 7.89. The predicted octanol–water partition coefficient (Wildman–Crippen LogP) is 3.50. The van der Waals surface area contributed by atoms with Gasteiger partial charge in [-0.1, -0.05) is 6.42 Å². The van der Waals surface area contributed by atoms with Gasteiger partial charge in [0.2, 0.25) is 10.0 Å². The van der Waals surface area contributed by atoms with E-state index in [2.05, 4.69) is 15.2 Å². The van der Waals surface area contributed by atoms with E-state index in [1.165, 1.54) is 0 Å². The summed E-state index contributed by atoms with van der Waals surface area (Å²) in [6, 6.07) is 8.53. The van der Waals surface area contributed by atoms with E-state index in [1.54, 1.807) is 47.0 Å². The lowest BCUT2D eigenvalue weighted by atomic mass is 10.1. The van der Waals surface area contributed by atoms with Crippen LogP contribution in [-0.4, -0.2) is 49.8 Å². The zero-order valence-corrected chi connectivity index (χ0v) is 17.9. The molecule has 0 spiro atoms. The molecule has 2 aromatic rings. The van der Waals surface area contributed by atoms with Crippen molar-refractivity contribution in [2.75, 3.05) is 36.4 Å². The number of hydrogen-bond donors (Lipinski definition) is 1. The molecule has 8 heteroatoms. The van der Waals surface area contributed by atoms with Crippen LogP contribution in [0.3, 0.4) is 0 Å². The monoisotopic (exact) mass is 428 g/mol. The number of piperidine rings is 2. The van der Waals surface area contributed by atoms with Crippen LogP contribution in [0.15, 0.2) is 47.6 Å². The molecular formula is C22H28N4O3S. The van der Waals surface area contributed by atoms with Crippen LogP contribution in [0.25, 0.3) is 0 Å². The number of sulfonamides is 1. The lowest BCUT2D eigenvalue weighted by Crippen LogP contribution is -2.37. The predicted molar refractivity (Wildman–Crippen MR) is 117 cm³/mol. The molecule has 160 valence electrons. The molecule has 0 saturated carbocycles. The van der Waals surface area contributed by atoms with Gasteiger partial charge in [0.05, 0.1) is 17.6 Å². The van der Waals surface area contributed by atoms with Crippen molar-refractivity contribution in [2.24, 2.45) is 0 Å². The van der Waals surface area contributed by atoms with Gasteiger partial charge in [-0.25, -0.2) is 8.42 Å². The minimum atomic E-state index is -3.67. The normalized spacial score (nSPS) is 18.2. The fourth-order valence-electron chi connectivity index (χ4n) is 4.14. The van der Waals surface area contributed by atoms with Crippen LogP contribution in [0.4, 0.5) is 11.4 Å². The van der Waals surface area contributed by atoms with Crippen LogP contribution in [0, 0.1) is 0 Å². The number of anilines is 2. The standard InChI is InChI=1S/C22H28N4O3S/c27-22(24-19-8-7-11-23-17-19)18-9-10-20(25-12-3-1-4-13-25)21(16-18)30(28,29)26-14-5-2-6-15-26/h7-11,16-17H,1-6,12-15H2,(H,24,27). The molecule has 0 radical (unpaired) electrons. The highest BCUT2D eigenvalue weighted by Gasteiger charge is 2.31. The summed E-state index contributed by atoms with van der Waals surface area (Å²) < 4.78 is 28.7. The van der Waals surface area contributed by atoms with Gasteiger partial charge in [0.15, 0.2) is 0 Å². The second-order valence-corrected chi connectivity index (χ2v) is 9.80. The molecule has 0 atom stereocenters. The minimum Gasteiger partial charge on any atom is -0.370 e. The quantitative estimate of drug-likeness (QED) is 0.788. The molecule has 1 N–H and O–H groups in total. The van der Waals surface area contributed by atoms with E-state index in [0.29, 0.717) is 30.0 Å². The van der Waals surface area contributed by atoms with Gasteiger partial charge in [0.1, 0.15) is 4.90 Å². The summed E-state index contributed by atoms with van der Waals surface area (Å²) in [4.78, 5) is 19.2. The van der Waals surface area contributed by atoms with Gasteiger partial charge in [-0.2, -0.15) is 4.31 Å². The van der Waals surface area contributed by atoms with Crippen molar-refractivity contribution in [1.29, 1.82) is 0 Å². The van der Waals surface area contributed by atoms with E-state index in [9.17, 15) is 13.2 Å². The Kier molecular flexibility index (Phi) is 6.34. The third kappa shape index (κ3) is 4.49. The average molecular weight is 429 g/mol. The smallest absolute Gasteiger partial charge is 0.255 e. The van der Waals surface area contributed by atoms with Crippen molar-refractivity contribution in [3.63, 3.8) is 0 Å². The molecule has 1 aromatic carbocycles. The molecule has 1 aromatic heterocycles. The first kappa shape index (κ1) is 20.8. The summed E-state index contributed by atoms with van der Waals surface area (Å²) in [5.41, 5.74) is 1.61. The Hall–Kier alpha value is -2.45. The second kappa shape index (κ2) is 9.14. The van der Waals surface area contributed by atoms with Crippen LogP contribution in [-0.2, 0) is 10.0 Å². The molecule has 4 rings (SSSR count). The van der Waals surface area contributed by atoms with Crippen molar-refractivity contribution in [1.82, 2.24) is 9.29 Å². The SMILES string of the molecule is O=C(Nc1cccnc1)c1ccc(N2CCCCC2)c(S(=O)(=O)N2CCCCC2)c1. The Morgan fingerprint density at radius 1 is 0.933 bits per heavy atom. The molecule has 2 fully saturated rings. The van der Waals surface area contributed by atoms with E-state index in [0.717, 1.165) is 51.6 Å². The fraction of sp³-hybridized carbons (Fsp3) is 0.455. The van der Waals surface area contributed by atoms with Crippen molar-refractivity contribution in [3.05, 3.63) is 48.3 Å². The largest absolute Gasteiger partial charge is 0.370 e. The van der Waals surface area contributed by atoms with Crippen LogP contribution < -0.4 is 10.2 Å². The summed E-state index contributed by atoms with van der Waals surface area (Å²) in [6.45, 7) is 2.75. The van der Waals surface area contributed by atoms with Gasteiger partial charge in [0, 0.05) is 37.9 Å². The molecule has 3 heterocycles. The molecule has 0 aliphatic carbocycles. The van der Waals surface area contributed by atoms with Gasteiger partial charge >= 0.3 is 0 Å². The summed E-state index contributed by atoms with van der Waals surface area (Å²) in [6.07, 6.45) is 9.25. The Labute approximate surface area is 178 Å².